The van der Waals surface area contributed by atoms with Gasteiger partial charge in [-0.05, 0) is 37.5 Å². The summed E-state index contributed by atoms with van der Waals surface area (Å²) in [6.45, 7) is 6.93. The molecule has 2 aliphatic rings. The van der Waals surface area contributed by atoms with Crippen molar-refractivity contribution in [3.05, 3.63) is 30.1 Å². The summed E-state index contributed by atoms with van der Waals surface area (Å²) < 4.78 is 24.1. The first kappa shape index (κ1) is 22.2. The van der Waals surface area contributed by atoms with Crippen LogP contribution in [-0.2, 0) is 30.8 Å². The molecule has 4 atom stereocenters. The fourth-order valence-electron chi connectivity index (χ4n) is 3.99. The summed E-state index contributed by atoms with van der Waals surface area (Å²) in [5.41, 5.74) is 0.865. The lowest BCUT2D eigenvalue weighted by Crippen LogP contribution is -2.62. The number of aromatic nitrogens is 1. The summed E-state index contributed by atoms with van der Waals surface area (Å²) >= 11 is 0. The summed E-state index contributed by atoms with van der Waals surface area (Å²) in [6, 6.07) is 1.55. The largest absolute Gasteiger partial charge is 0.350 e. The minimum Gasteiger partial charge on any atom is -0.350 e. The van der Waals surface area contributed by atoms with Crippen molar-refractivity contribution in [1.29, 1.82) is 0 Å². The monoisotopic (exact) mass is 436 g/mol. The number of β-lactam (4-membered cyclic amide) rings is 1. The van der Waals surface area contributed by atoms with Crippen LogP contribution in [0.3, 0.4) is 0 Å². The van der Waals surface area contributed by atoms with Crippen molar-refractivity contribution in [3.8, 4) is 0 Å². The maximum absolute atomic E-state index is 13.1. The van der Waals surface area contributed by atoms with Gasteiger partial charge in [-0.1, -0.05) is 20.3 Å². The molecule has 4 unspecified atom stereocenters. The zero-order valence-corrected chi connectivity index (χ0v) is 18.4. The Balaban J connectivity index is 1.77. The van der Waals surface area contributed by atoms with Crippen LogP contribution in [0.5, 0.6) is 0 Å². The van der Waals surface area contributed by atoms with Crippen LogP contribution in [0.1, 0.15) is 46.1 Å². The second kappa shape index (κ2) is 7.98. The topological polar surface area (TPSA) is 126 Å². The van der Waals surface area contributed by atoms with Crippen LogP contribution in [0.4, 0.5) is 0 Å². The lowest BCUT2D eigenvalue weighted by atomic mass is 9.94. The molecule has 0 radical (unpaired) electrons. The van der Waals surface area contributed by atoms with Crippen molar-refractivity contribution in [3.63, 3.8) is 0 Å². The molecule has 3 amide bonds. The standard InChI is InChI=1S/C20H28N4O5S/c1-5-12(2)16(18(26)22-11-13-6-8-21-9-7-13)23-19(27)17-20(3,4)30(28,29)15-10-14(25)24(15)17/h6-9,12,15-17H,5,10-11H2,1-4H3,(H,22,26)(H,23,27). The Kier molecular flexibility index (Phi) is 5.90. The molecule has 30 heavy (non-hydrogen) atoms. The normalized spacial score (nSPS) is 25.6. The molecule has 164 valence electrons. The molecule has 2 saturated heterocycles. The average Bonchev–Trinajstić information content (AvgIpc) is 2.83. The average molecular weight is 437 g/mol. The number of nitrogens with zero attached hydrogens (tertiary/aromatic N) is 2. The number of pyridine rings is 1. The Morgan fingerprint density at radius 3 is 2.50 bits per heavy atom. The number of sulfone groups is 1. The van der Waals surface area contributed by atoms with Crippen LogP contribution in [0.25, 0.3) is 0 Å². The lowest BCUT2D eigenvalue weighted by molar-refractivity contribution is -0.150. The molecule has 10 heteroatoms. The molecule has 2 N–H and O–H groups in total. The van der Waals surface area contributed by atoms with Gasteiger partial charge in [0.05, 0.1) is 11.2 Å². The van der Waals surface area contributed by atoms with E-state index in [9.17, 15) is 22.8 Å². The van der Waals surface area contributed by atoms with E-state index in [1.165, 1.54) is 13.8 Å². The highest BCUT2D eigenvalue weighted by molar-refractivity contribution is 7.93. The van der Waals surface area contributed by atoms with Crippen molar-refractivity contribution >= 4 is 27.6 Å². The predicted molar refractivity (Wildman–Crippen MR) is 110 cm³/mol. The van der Waals surface area contributed by atoms with Crippen molar-refractivity contribution in [2.45, 2.75) is 69.3 Å². The number of amides is 3. The van der Waals surface area contributed by atoms with E-state index in [0.29, 0.717) is 6.42 Å². The van der Waals surface area contributed by atoms with Crippen LogP contribution in [0.15, 0.2) is 24.5 Å². The van der Waals surface area contributed by atoms with Gasteiger partial charge in [0.25, 0.3) is 0 Å². The van der Waals surface area contributed by atoms with Gasteiger partial charge >= 0.3 is 0 Å². The van der Waals surface area contributed by atoms with Gasteiger partial charge < -0.3 is 15.5 Å². The second-order valence-electron chi connectivity index (χ2n) is 8.46. The highest BCUT2D eigenvalue weighted by atomic mass is 32.2. The van der Waals surface area contributed by atoms with Gasteiger partial charge in [0.15, 0.2) is 9.84 Å². The first-order valence-corrected chi connectivity index (χ1v) is 11.6. The van der Waals surface area contributed by atoms with Crippen LogP contribution >= 0.6 is 0 Å². The van der Waals surface area contributed by atoms with Crippen molar-refractivity contribution in [1.82, 2.24) is 20.5 Å². The van der Waals surface area contributed by atoms with Crippen LogP contribution in [0.2, 0.25) is 0 Å². The molecule has 0 bridgehead atoms. The molecule has 3 rings (SSSR count). The third-order valence-electron chi connectivity index (χ3n) is 6.23. The van der Waals surface area contributed by atoms with Crippen molar-refractivity contribution in [2.75, 3.05) is 0 Å². The Morgan fingerprint density at radius 1 is 1.30 bits per heavy atom. The van der Waals surface area contributed by atoms with Gasteiger partial charge in [-0.15, -0.1) is 0 Å². The zero-order valence-electron chi connectivity index (χ0n) is 17.6. The van der Waals surface area contributed by atoms with Gasteiger partial charge in [-0.25, -0.2) is 8.42 Å². The van der Waals surface area contributed by atoms with E-state index in [2.05, 4.69) is 15.6 Å². The Hall–Kier alpha value is -2.49. The van der Waals surface area contributed by atoms with E-state index in [0.717, 1.165) is 10.5 Å². The van der Waals surface area contributed by atoms with E-state index in [-0.39, 0.29) is 30.7 Å². The molecule has 0 saturated carbocycles. The smallest absolute Gasteiger partial charge is 0.245 e. The van der Waals surface area contributed by atoms with Gasteiger partial charge in [-0.3, -0.25) is 19.4 Å². The fourth-order valence-corrected chi connectivity index (χ4v) is 6.12. The number of carbonyl (C=O) groups is 3. The van der Waals surface area contributed by atoms with Crippen LogP contribution in [0, 0.1) is 5.92 Å². The Labute approximate surface area is 176 Å². The van der Waals surface area contributed by atoms with Crippen LogP contribution in [-0.4, -0.2) is 58.2 Å². The maximum atomic E-state index is 13.1. The third kappa shape index (κ3) is 3.57. The highest BCUT2D eigenvalue weighted by Crippen LogP contribution is 2.45. The molecule has 1 aromatic heterocycles. The molecular weight excluding hydrogens is 408 g/mol. The third-order valence-corrected chi connectivity index (χ3v) is 9.03. The highest BCUT2D eigenvalue weighted by Gasteiger charge is 2.67. The molecule has 0 aliphatic carbocycles. The van der Waals surface area contributed by atoms with Gasteiger partial charge in [0.1, 0.15) is 17.5 Å². The SMILES string of the molecule is CCC(C)C(NC(=O)C1N2C(=O)CC2S(=O)(=O)C1(C)C)C(=O)NCc1ccncc1. The number of hydrogen-bond donors (Lipinski definition) is 2. The Bertz CT molecular complexity index is 947. The van der Waals surface area contributed by atoms with Gasteiger partial charge in [0, 0.05) is 18.9 Å². The summed E-state index contributed by atoms with van der Waals surface area (Å²) in [4.78, 5) is 43.1. The minimum atomic E-state index is -3.68. The number of rotatable bonds is 7. The van der Waals surface area contributed by atoms with E-state index in [4.69, 9.17) is 0 Å². The summed E-state index contributed by atoms with van der Waals surface area (Å²) in [6.07, 6.45) is 3.78. The molecule has 9 nitrogen and oxygen atoms in total. The molecule has 2 aliphatic heterocycles. The number of nitrogens with one attached hydrogen (secondary N) is 2. The van der Waals surface area contributed by atoms with E-state index >= 15 is 0 Å². The summed E-state index contributed by atoms with van der Waals surface area (Å²) in [7, 11) is -3.68. The maximum Gasteiger partial charge on any atom is 0.245 e. The number of carbonyl (C=O) groups excluding carboxylic acids is 3. The van der Waals surface area contributed by atoms with Crippen LogP contribution < -0.4 is 10.6 Å². The predicted octanol–water partition coefficient (Wildman–Crippen LogP) is 0.363. The molecule has 3 heterocycles. The zero-order chi connectivity index (χ0) is 22.3. The first-order valence-electron chi connectivity index (χ1n) is 10.0. The molecule has 0 aromatic carbocycles. The fraction of sp³-hybridized carbons (Fsp3) is 0.600. The number of hydrogen-bond acceptors (Lipinski definition) is 6. The van der Waals surface area contributed by atoms with E-state index < -0.39 is 37.9 Å². The molecule has 2 fully saturated rings. The van der Waals surface area contributed by atoms with Crippen molar-refractivity contribution in [2.24, 2.45) is 5.92 Å². The minimum absolute atomic E-state index is 0.100. The molecule has 0 spiro atoms. The summed E-state index contributed by atoms with van der Waals surface area (Å²) in [5, 5.41) is 4.57. The van der Waals surface area contributed by atoms with Gasteiger partial charge in [-0.2, -0.15) is 0 Å². The van der Waals surface area contributed by atoms with Crippen molar-refractivity contribution < 1.29 is 22.8 Å². The molecular formula is C20H28N4O5S. The van der Waals surface area contributed by atoms with Gasteiger partial charge in [0.2, 0.25) is 17.7 Å². The molecule has 1 aromatic rings. The number of fused-ring (bicyclic) bond motifs is 1. The quantitative estimate of drug-likeness (QED) is 0.595. The van der Waals surface area contributed by atoms with E-state index in [1.54, 1.807) is 24.5 Å². The van der Waals surface area contributed by atoms with E-state index in [1.807, 2.05) is 13.8 Å². The first-order chi connectivity index (χ1) is 14.0. The summed E-state index contributed by atoms with van der Waals surface area (Å²) in [5.74, 6) is -1.53. The lowest BCUT2D eigenvalue weighted by Gasteiger charge is -2.37. The Morgan fingerprint density at radius 2 is 1.93 bits per heavy atom. The second-order valence-corrected chi connectivity index (χ2v) is 11.1.